The third-order valence-corrected chi connectivity index (χ3v) is 5.90. The van der Waals surface area contributed by atoms with Crippen molar-refractivity contribution in [1.29, 1.82) is 0 Å². The number of ether oxygens (including phenoxy) is 1. The summed E-state index contributed by atoms with van der Waals surface area (Å²) in [4.78, 5) is 9.75. The summed E-state index contributed by atoms with van der Waals surface area (Å²) in [6.45, 7) is 5.17. The number of aromatic nitrogens is 1. The Bertz CT molecular complexity index is 897. The van der Waals surface area contributed by atoms with Crippen molar-refractivity contribution in [1.82, 2.24) is 9.88 Å². The zero-order valence-corrected chi connectivity index (χ0v) is 16.9. The molecule has 1 aromatic heterocycles. The molecule has 0 atom stereocenters. The third-order valence-electron chi connectivity index (χ3n) is 4.99. The third kappa shape index (κ3) is 4.61. The lowest BCUT2D eigenvalue weighted by atomic mass is 10.2. The van der Waals surface area contributed by atoms with Gasteiger partial charge in [0.15, 0.2) is 5.13 Å². The number of hydrogen-bond acceptors (Lipinski definition) is 5. The summed E-state index contributed by atoms with van der Waals surface area (Å²) in [6.07, 6.45) is 4.46. The summed E-state index contributed by atoms with van der Waals surface area (Å²) in [6, 6.07) is 18.6. The van der Waals surface area contributed by atoms with Crippen molar-refractivity contribution in [3.63, 3.8) is 0 Å². The number of methoxy groups -OCH3 is 1. The molecule has 28 heavy (non-hydrogen) atoms. The Morgan fingerprint density at radius 1 is 1.00 bits per heavy atom. The molecule has 4 nitrogen and oxygen atoms in total. The van der Waals surface area contributed by atoms with Crippen molar-refractivity contribution in [3.8, 4) is 17.0 Å². The maximum atomic E-state index is 5.23. The Morgan fingerprint density at radius 2 is 1.75 bits per heavy atom. The van der Waals surface area contributed by atoms with E-state index < -0.39 is 0 Å². The van der Waals surface area contributed by atoms with Gasteiger partial charge >= 0.3 is 0 Å². The highest BCUT2D eigenvalue weighted by Gasteiger charge is 2.19. The molecular formula is C23H25N3OS. The van der Waals surface area contributed by atoms with E-state index in [9.17, 15) is 0 Å². The van der Waals surface area contributed by atoms with E-state index in [4.69, 9.17) is 9.72 Å². The van der Waals surface area contributed by atoms with Gasteiger partial charge in [0.25, 0.3) is 0 Å². The van der Waals surface area contributed by atoms with Crippen molar-refractivity contribution in [2.75, 3.05) is 44.7 Å². The molecule has 0 amide bonds. The second-order valence-electron chi connectivity index (χ2n) is 6.84. The summed E-state index contributed by atoms with van der Waals surface area (Å²) >= 11 is 1.73. The van der Waals surface area contributed by atoms with Crippen LogP contribution in [0.15, 0.2) is 66.1 Å². The number of nitrogens with zero attached hydrogens (tertiary/aromatic N) is 3. The Kier molecular flexibility index (Phi) is 6.04. The molecule has 0 unspecified atom stereocenters. The molecule has 144 valence electrons. The van der Waals surface area contributed by atoms with E-state index in [-0.39, 0.29) is 0 Å². The number of hydrogen-bond donors (Lipinski definition) is 0. The van der Waals surface area contributed by atoms with Crippen LogP contribution in [0.25, 0.3) is 17.3 Å². The molecule has 0 saturated carbocycles. The van der Waals surface area contributed by atoms with E-state index in [0.29, 0.717) is 0 Å². The molecule has 0 radical (unpaired) electrons. The molecule has 0 spiro atoms. The van der Waals surface area contributed by atoms with Crippen LogP contribution in [0.5, 0.6) is 5.75 Å². The van der Waals surface area contributed by atoms with E-state index >= 15 is 0 Å². The molecule has 1 aliphatic rings. The molecule has 0 aliphatic carbocycles. The number of anilines is 1. The first-order chi connectivity index (χ1) is 13.8. The van der Waals surface area contributed by atoms with Crippen molar-refractivity contribution in [3.05, 3.63) is 71.6 Å². The van der Waals surface area contributed by atoms with Gasteiger partial charge in [-0.3, -0.25) is 4.90 Å². The maximum Gasteiger partial charge on any atom is 0.185 e. The molecule has 1 saturated heterocycles. The molecular weight excluding hydrogens is 366 g/mol. The van der Waals surface area contributed by atoms with Crippen LogP contribution in [0.3, 0.4) is 0 Å². The smallest absolute Gasteiger partial charge is 0.185 e. The first kappa shape index (κ1) is 18.7. The molecule has 3 aromatic rings. The lowest BCUT2D eigenvalue weighted by Crippen LogP contribution is -2.46. The van der Waals surface area contributed by atoms with Crippen LogP contribution in [-0.4, -0.2) is 49.7 Å². The lowest BCUT2D eigenvalue weighted by molar-refractivity contribution is 0.284. The zero-order chi connectivity index (χ0) is 19.2. The Morgan fingerprint density at radius 3 is 2.46 bits per heavy atom. The molecule has 0 bridgehead atoms. The van der Waals surface area contributed by atoms with Crippen LogP contribution < -0.4 is 9.64 Å². The van der Waals surface area contributed by atoms with Crippen molar-refractivity contribution < 1.29 is 4.74 Å². The van der Waals surface area contributed by atoms with E-state index in [1.807, 2.05) is 12.1 Å². The minimum atomic E-state index is 0.872. The first-order valence-electron chi connectivity index (χ1n) is 9.61. The molecule has 2 aromatic carbocycles. The highest BCUT2D eigenvalue weighted by molar-refractivity contribution is 7.14. The van der Waals surface area contributed by atoms with Crippen LogP contribution in [0.4, 0.5) is 5.13 Å². The lowest BCUT2D eigenvalue weighted by Gasteiger charge is -2.33. The Balaban J connectivity index is 1.30. The van der Waals surface area contributed by atoms with Crippen LogP contribution >= 0.6 is 11.3 Å². The standard InChI is InChI=1S/C23H25N3OS/c1-27-21-11-9-20(10-12-21)22-18-28-23(24-22)26-16-14-25(15-17-26)13-5-8-19-6-3-2-4-7-19/h2-12,18H,13-17H2,1H3. The van der Waals surface area contributed by atoms with Crippen molar-refractivity contribution >= 4 is 22.5 Å². The van der Waals surface area contributed by atoms with Gasteiger partial charge in [-0.05, 0) is 29.8 Å². The predicted octanol–water partition coefficient (Wildman–Crippen LogP) is 4.65. The number of rotatable bonds is 6. The summed E-state index contributed by atoms with van der Waals surface area (Å²) in [5.41, 5.74) is 3.43. The maximum absolute atomic E-state index is 5.23. The van der Waals surface area contributed by atoms with Gasteiger partial charge in [-0.25, -0.2) is 4.98 Å². The Labute approximate surface area is 170 Å². The van der Waals surface area contributed by atoms with Gasteiger partial charge in [-0.1, -0.05) is 42.5 Å². The molecule has 1 aliphatic heterocycles. The van der Waals surface area contributed by atoms with Gasteiger partial charge in [0, 0.05) is 43.7 Å². The molecule has 2 heterocycles. The number of thiazole rings is 1. The Hall–Kier alpha value is -2.63. The highest BCUT2D eigenvalue weighted by atomic mass is 32.1. The number of piperazine rings is 1. The van der Waals surface area contributed by atoms with Crippen molar-refractivity contribution in [2.45, 2.75) is 0 Å². The van der Waals surface area contributed by atoms with Gasteiger partial charge in [0.05, 0.1) is 12.8 Å². The molecule has 5 heteroatoms. The van der Waals surface area contributed by atoms with E-state index in [1.165, 1.54) is 5.56 Å². The van der Waals surface area contributed by atoms with Gasteiger partial charge in [0.1, 0.15) is 5.75 Å². The normalized spacial score (nSPS) is 15.2. The highest BCUT2D eigenvalue weighted by Crippen LogP contribution is 2.29. The van der Waals surface area contributed by atoms with E-state index in [0.717, 1.165) is 54.9 Å². The first-order valence-corrected chi connectivity index (χ1v) is 10.5. The topological polar surface area (TPSA) is 28.6 Å². The second kappa shape index (κ2) is 9.04. The van der Waals surface area contributed by atoms with E-state index in [2.05, 4.69) is 69.8 Å². The van der Waals surface area contributed by atoms with Gasteiger partial charge in [-0.15, -0.1) is 11.3 Å². The monoisotopic (exact) mass is 391 g/mol. The average Bonchev–Trinajstić information content (AvgIpc) is 3.25. The molecule has 4 rings (SSSR count). The van der Waals surface area contributed by atoms with Gasteiger partial charge in [-0.2, -0.15) is 0 Å². The van der Waals surface area contributed by atoms with Crippen LogP contribution in [-0.2, 0) is 0 Å². The largest absolute Gasteiger partial charge is 0.497 e. The van der Waals surface area contributed by atoms with Crippen LogP contribution in [0, 0.1) is 0 Å². The number of benzene rings is 2. The minimum absolute atomic E-state index is 0.872. The van der Waals surface area contributed by atoms with Crippen LogP contribution in [0.2, 0.25) is 0 Å². The van der Waals surface area contributed by atoms with Crippen molar-refractivity contribution in [2.24, 2.45) is 0 Å². The average molecular weight is 392 g/mol. The fraction of sp³-hybridized carbons (Fsp3) is 0.261. The fourth-order valence-electron chi connectivity index (χ4n) is 3.33. The summed E-state index contributed by atoms with van der Waals surface area (Å²) in [5, 5.41) is 3.26. The minimum Gasteiger partial charge on any atom is -0.497 e. The molecule has 1 fully saturated rings. The summed E-state index contributed by atoms with van der Waals surface area (Å²) in [5.74, 6) is 0.872. The summed E-state index contributed by atoms with van der Waals surface area (Å²) in [7, 11) is 1.69. The van der Waals surface area contributed by atoms with Gasteiger partial charge < -0.3 is 9.64 Å². The SMILES string of the molecule is COc1ccc(-c2csc(N3CCN(CC=Cc4ccccc4)CC3)n2)cc1. The van der Waals surface area contributed by atoms with Gasteiger partial charge in [0.2, 0.25) is 0 Å². The predicted molar refractivity (Wildman–Crippen MR) is 118 cm³/mol. The summed E-state index contributed by atoms with van der Waals surface area (Å²) < 4.78 is 5.23. The zero-order valence-electron chi connectivity index (χ0n) is 16.1. The fourth-order valence-corrected chi connectivity index (χ4v) is 4.22. The van der Waals surface area contributed by atoms with Crippen LogP contribution in [0.1, 0.15) is 5.56 Å². The van der Waals surface area contributed by atoms with E-state index in [1.54, 1.807) is 18.4 Å². The quantitative estimate of drug-likeness (QED) is 0.611. The second-order valence-corrected chi connectivity index (χ2v) is 7.68. The molecule has 0 N–H and O–H groups in total.